The minimum atomic E-state index is -0.792. The smallest absolute Gasteiger partial charge is 0.306 e. The first-order chi connectivity index (χ1) is 35.0. The van der Waals surface area contributed by atoms with Crippen LogP contribution in [0, 0.1) is 0 Å². The number of hydrogen-bond donors (Lipinski definition) is 0. The number of carbonyl (C=O) groups is 3. The third-order valence-corrected chi connectivity index (χ3v) is 13.2. The van der Waals surface area contributed by atoms with E-state index in [0.29, 0.717) is 19.3 Å². The number of hydrogen-bond acceptors (Lipinski definition) is 6. The second-order valence-electron chi connectivity index (χ2n) is 20.3. The van der Waals surface area contributed by atoms with Gasteiger partial charge in [-0.2, -0.15) is 0 Å². The Balaban J connectivity index is 4.43. The van der Waals surface area contributed by atoms with Gasteiger partial charge < -0.3 is 14.2 Å². The van der Waals surface area contributed by atoms with Crippen molar-refractivity contribution >= 4 is 17.9 Å². The van der Waals surface area contributed by atoms with Crippen LogP contribution in [0.4, 0.5) is 0 Å². The van der Waals surface area contributed by atoms with Gasteiger partial charge >= 0.3 is 17.9 Å². The Hall–Kier alpha value is -3.15. The topological polar surface area (TPSA) is 78.9 Å². The molecule has 0 saturated carbocycles. The average molecular weight is 992 g/mol. The first-order valence-corrected chi connectivity index (χ1v) is 30.4. The monoisotopic (exact) mass is 991 g/mol. The maximum Gasteiger partial charge on any atom is 0.306 e. The molecule has 0 aromatic rings. The van der Waals surface area contributed by atoms with E-state index in [0.717, 1.165) is 96.3 Å². The number of ether oxygens (including phenoxy) is 3. The van der Waals surface area contributed by atoms with Crippen LogP contribution in [-0.4, -0.2) is 37.2 Å². The van der Waals surface area contributed by atoms with Crippen molar-refractivity contribution in [3.63, 3.8) is 0 Å². The molecule has 0 spiro atoms. The summed E-state index contributed by atoms with van der Waals surface area (Å²) in [7, 11) is 0. The lowest BCUT2D eigenvalue weighted by molar-refractivity contribution is -0.167. The van der Waals surface area contributed by atoms with Crippen LogP contribution in [0.2, 0.25) is 0 Å². The summed E-state index contributed by atoms with van der Waals surface area (Å²) >= 11 is 0. The van der Waals surface area contributed by atoms with Crippen LogP contribution < -0.4 is 0 Å². The van der Waals surface area contributed by atoms with E-state index >= 15 is 0 Å². The normalized spacial score (nSPS) is 12.5. The molecule has 0 aromatic carbocycles. The number of carbonyl (C=O) groups excluding carboxylic acids is 3. The summed E-state index contributed by atoms with van der Waals surface area (Å²) in [6.07, 6.45) is 76.0. The minimum Gasteiger partial charge on any atom is -0.462 e. The molecule has 0 N–H and O–H groups in total. The lowest BCUT2D eigenvalue weighted by Gasteiger charge is -2.18. The zero-order valence-corrected chi connectivity index (χ0v) is 47.0. The second kappa shape index (κ2) is 59.4. The molecular formula is C65H114O6. The van der Waals surface area contributed by atoms with Crippen LogP contribution in [0.5, 0.6) is 0 Å². The predicted molar refractivity (Wildman–Crippen MR) is 307 cm³/mol. The lowest BCUT2D eigenvalue weighted by atomic mass is 10.0. The van der Waals surface area contributed by atoms with Crippen molar-refractivity contribution in [1.82, 2.24) is 0 Å². The molecular weight excluding hydrogens is 877 g/mol. The van der Waals surface area contributed by atoms with Crippen molar-refractivity contribution in [1.29, 1.82) is 0 Å². The zero-order valence-electron chi connectivity index (χ0n) is 47.0. The number of rotatable bonds is 55. The Labute approximate surface area is 440 Å². The molecule has 0 saturated heterocycles. The molecule has 1 atom stereocenters. The van der Waals surface area contributed by atoms with Crippen LogP contribution in [0.25, 0.3) is 0 Å². The molecule has 0 aliphatic heterocycles. The maximum absolute atomic E-state index is 12.9. The number of allylic oxidation sites excluding steroid dienone is 12. The summed E-state index contributed by atoms with van der Waals surface area (Å²) < 4.78 is 16.9. The summed E-state index contributed by atoms with van der Waals surface area (Å²) in [5.41, 5.74) is 0. The molecule has 0 aliphatic rings. The second-order valence-corrected chi connectivity index (χ2v) is 20.3. The standard InChI is InChI=1S/C65H114O6/c1-4-7-10-13-16-19-22-25-28-31-32-35-37-40-43-46-49-52-55-58-64(67)70-61-62(71-65(68)59-56-53-50-47-44-41-38-34-30-27-24-21-18-15-12-9-6-3)60-69-63(66)57-54-51-48-45-42-39-36-33-29-26-23-20-17-14-11-8-5-2/h16,18-19,21,25,27-28,30,32,35,40,43,62H,4-15,17,20,22-24,26,29,31,33-34,36-39,41-42,44-61H2,1-3H3/b19-16+,21-18+,28-25+,30-27+,35-32+,43-40+/t62-/m1/s1. The van der Waals surface area contributed by atoms with E-state index in [1.807, 2.05) is 0 Å². The van der Waals surface area contributed by atoms with Gasteiger partial charge in [-0.1, -0.05) is 261 Å². The van der Waals surface area contributed by atoms with E-state index in [9.17, 15) is 14.4 Å². The fraction of sp³-hybridized carbons (Fsp3) is 0.769. The van der Waals surface area contributed by atoms with Crippen LogP contribution in [0.1, 0.15) is 303 Å². The lowest BCUT2D eigenvalue weighted by Crippen LogP contribution is -2.30. The molecule has 71 heavy (non-hydrogen) atoms. The van der Waals surface area contributed by atoms with Crippen molar-refractivity contribution in [2.24, 2.45) is 0 Å². The molecule has 0 fully saturated rings. The van der Waals surface area contributed by atoms with Gasteiger partial charge in [-0.05, 0) is 96.3 Å². The Morgan fingerprint density at radius 3 is 0.831 bits per heavy atom. The van der Waals surface area contributed by atoms with Gasteiger partial charge in [-0.3, -0.25) is 14.4 Å². The quantitative estimate of drug-likeness (QED) is 0.0261. The Kier molecular flexibility index (Phi) is 56.8. The summed E-state index contributed by atoms with van der Waals surface area (Å²) in [6, 6.07) is 0. The zero-order chi connectivity index (χ0) is 51.4. The van der Waals surface area contributed by atoms with Gasteiger partial charge in [0.05, 0.1) is 0 Å². The van der Waals surface area contributed by atoms with Crippen molar-refractivity contribution in [3.05, 3.63) is 72.9 Å². The van der Waals surface area contributed by atoms with Gasteiger partial charge in [0.25, 0.3) is 0 Å². The SMILES string of the molecule is CCCCC/C=C/C/C=C/C/C=C/C/C=C/CCCCCC(=O)OC[C@@H](COC(=O)CCCCCCCCCCCCCCCCCCC)OC(=O)CCCCCCCCC/C=C/C/C=C/CCCCC. The molecule has 0 unspecified atom stereocenters. The summed E-state index contributed by atoms with van der Waals surface area (Å²) in [6.45, 7) is 6.59. The van der Waals surface area contributed by atoms with Gasteiger partial charge in [0.2, 0.25) is 0 Å². The van der Waals surface area contributed by atoms with Crippen LogP contribution in [0.3, 0.4) is 0 Å². The van der Waals surface area contributed by atoms with E-state index in [-0.39, 0.29) is 31.1 Å². The molecule has 6 heteroatoms. The van der Waals surface area contributed by atoms with Crippen LogP contribution >= 0.6 is 0 Å². The number of unbranched alkanes of at least 4 members (excludes halogenated alkanes) is 32. The van der Waals surface area contributed by atoms with Crippen LogP contribution in [-0.2, 0) is 28.6 Å². The molecule has 0 heterocycles. The molecule has 410 valence electrons. The fourth-order valence-corrected chi connectivity index (χ4v) is 8.57. The van der Waals surface area contributed by atoms with Crippen LogP contribution in [0.15, 0.2) is 72.9 Å². The van der Waals surface area contributed by atoms with Crippen molar-refractivity contribution < 1.29 is 28.6 Å². The highest BCUT2D eigenvalue weighted by atomic mass is 16.6. The third-order valence-electron chi connectivity index (χ3n) is 13.2. The largest absolute Gasteiger partial charge is 0.462 e. The molecule has 0 aromatic heterocycles. The van der Waals surface area contributed by atoms with E-state index in [1.165, 1.54) is 167 Å². The fourth-order valence-electron chi connectivity index (χ4n) is 8.57. The van der Waals surface area contributed by atoms with Gasteiger partial charge in [0.15, 0.2) is 6.10 Å². The highest BCUT2D eigenvalue weighted by Gasteiger charge is 2.19. The molecule has 0 amide bonds. The van der Waals surface area contributed by atoms with Gasteiger partial charge in [-0.15, -0.1) is 0 Å². The van der Waals surface area contributed by atoms with Crippen molar-refractivity contribution in [3.8, 4) is 0 Å². The number of esters is 3. The van der Waals surface area contributed by atoms with Gasteiger partial charge in [0.1, 0.15) is 13.2 Å². The molecule has 6 nitrogen and oxygen atoms in total. The van der Waals surface area contributed by atoms with Gasteiger partial charge in [-0.25, -0.2) is 0 Å². The first kappa shape index (κ1) is 67.8. The molecule has 0 aliphatic carbocycles. The average Bonchev–Trinajstić information content (AvgIpc) is 3.37. The Morgan fingerprint density at radius 2 is 0.507 bits per heavy atom. The summed E-state index contributed by atoms with van der Waals surface area (Å²) in [4.78, 5) is 38.2. The molecule has 0 rings (SSSR count). The summed E-state index contributed by atoms with van der Waals surface area (Å²) in [5, 5.41) is 0. The highest BCUT2D eigenvalue weighted by molar-refractivity contribution is 5.71. The van der Waals surface area contributed by atoms with E-state index in [1.54, 1.807) is 0 Å². The third kappa shape index (κ3) is 57.6. The summed E-state index contributed by atoms with van der Waals surface area (Å²) in [5.74, 6) is -0.913. The maximum atomic E-state index is 12.9. The van der Waals surface area contributed by atoms with E-state index < -0.39 is 6.10 Å². The van der Waals surface area contributed by atoms with Crippen molar-refractivity contribution in [2.45, 2.75) is 309 Å². The minimum absolute atomic E-state index is 0.0865. The van der Waals surface area contributed by atoms with E-state index in [2.05, 4.69) is 93.7 Å². The highest BCUT2D eigenvalue weighted by Crippen LogP contribution is 2.16. The molecule has 0 bridgehead atoms. The Bertz CT molecular complexity index is 1320. The molecule has 0 radical (unpaired) electrons. The first-order valence-electron chi connectivity index (χ1n) is 30.4. The van der Waals surface area contributed by atoms with E-state index in [4.69, 9.17) is 14.2 Å². The van der Waals surface area contributed by atoms with Crippen molar-refractivity contribution in [2.75, 3.05) is 13.2 Å². The van der Waals surface area contributed by atoms with Gasteiger partial charge in [0, 0.05) is 19.3 Å². The predicted octanol–water partition coefficient (Wildman–Crippen LogP) is 20.5. The Morgan fingerprint density at radius 1 is 0.282 bits per heavy atom.